The average molecular weight is 354 g/mol. The van der Waals surface area contributed by atoms with Crippen molar-refractivity contribution in [1.82, 2.24) is 34.7 Å². The van der Waals surface area contributed by atoms with E-state index in [4.69, 9.17) is 0 Å². The predicted molar refractivity (Wildman–Crippen MR) is 100 cm³/mol. The summed E-state index contributed by atoms with van der Waals surface area (Å²) >= 11 is 0. The zero-order chi connectivity index (χ0) is 18.3. The second-order valence-corrected chi connectivity index (χ2v) is 7.34. The first-order valence-electron chi connectivity index (χ1n) is 9.21. The fourth-order valence-corrected chi connectivity index (χ4v) is 3.69. The van der Waals surface area contributed by atoms with Gasteiger partial charge in [0, 0.05) is 55.2 Å². The lowest BCUT2D eigenvalue weighted by atomic mass is 10.1. The Balaban J connectivity index is 1.50. The molecule has 0 aromatic carbocycles. The summed E-state index contributed by atoms with van der Waals surface area (Å²) in [4.78, 5) is 13.7. The van der Waals surface area contributed by atoms with Crippen molar-refractivity contribution < 1.29 is 0 Å². The minimum atomic E-state index is 0.469. The van der Waals surface area contributed by atoms with E-state index in [9.17, 15) is 0 Å². The number of hydrogen-bond acceptors (Lipinski definition) is 6. The lowest BCUT2D eigenvalue weighted by Gasteiger charge is -2.36. The largest absolute Gasteiger partial charge is 0.354 e. The van der Waals surface area contributed by atoms with E-state index in [1.807, 2.05) is 17.6 Å². The van der Waals surface area contributed by atoms with Gasteiger partial charge in [-0.25, -0.2) is 4.98 Å². The molecule has 0 radical (unpaired) electrons. The van der Waals surface area contributed by atoms with Gasteiger partial charge in [-0.3, -0.25) is 10.00 Å². The highest BCUT2D eigenvalue weighted by Gasteiger charge is 2.23. The zero-order valence-corrected chi connectivity index (χ0v) is 15.9. The van der Waals surface area contributed by atoms with Gasteiger partial charge in [0.1, 0.15) is 12.1 Å². The smallest absolute Gasteiger partial charge is 0.254 e. The van der Waals surface area contributed by atoms with Crippen LogP contribution in [0.2, 0.25) is 0 Å². The van der Waals surface area contributed by atoms with Crippen molar-refractivity contribution in [1.29, 1.82) is 0 Å². The number of piperazine rings is 1. The molecule has 0 atom stereocenters. The van der Waals surface area contributed by atoms with Gasteiger partial charge in [-0.15, -0.1) is 0 Å². The van der Waals surface area contributed by atoms with Crippen LogP contribution in [-0.4, -0.2) is 60.9 Å². The van der Waals surface area contributed by atoms with Gasteiger partial charge in [-0.05, 0) is 19.8 Å². The highest BCUT2D eigenvalue weighted by atomic mass is 15.4. The first-order valence-corrected chi connectivity index (χ1v) is 9.21. The molecule has 8 nitrogen and oxygen atoms in total. The second kappa shape index (κ2) is 6.68. The Bertz CT molecular complexity index is 901. The van der Waals surface area contributed by atoms with E-state index in [1.54, 1.807) is 6.33 Å². The van der Waals surface area contributed by atoms with E-state index in [2.05, 4.69) is 55.8 Å². The molecule has 1 aliphatic heterocycles. The van der Waals surface area contributed by atoms with Crippen molar-refractivity contribution in [3.05, 3.63) is 35.0 Å². The molecule has 1 saturated heterocycles. The molecule has 138 valence electrons. The molecule has 3 aromatic rings. The van der Waals surface area contributed by atoms with Gasteiger partial charge >= 0.3 is 0 Å². The van der Waals surface area contributed by atoms with Crippen molar-refractivity contribution in [3.8, 4) is 0 Å². The fourth-order valence-electron chi connectivity index (χ4n) is 3.69. The van der Waals surface area contributed by atoms with Crippen LogP contribution in [0.4, 0.5) is 5.82 Å². The molecule has 0 aliphatic carbocycles. The lowest BCUT2D eigenvalue weighted by molar-refractivity contribution is 0.248. The van der Waals surface area contributed by atoms with E-state index < -0.39 is 0 Å². The number of aromatic nitrogens is 6. The van der Waals surface area contributed by atoms with Crippen LogP contribution < -0.4 is 4.90 Å². The number of nitrogens with zero attached hydrogens (tertiary/aromatic N) is 7. The Morgan fingerprint density at radius 3 is 2.65 bits per heavy atom. The molecule has 0 saturated carbocycles. The average Bonchev–Trinajstić information content (AvgIpc) is 3.26. The molecule has 4 rings (SSSR count). The molecule has 0 amide bonds. The Morgan fingerprint density at radius 2 is 1.92 bits per heavy atom. The molecule has 1 fully saturated rings. The maximum atomic E-state index is 4.52. The number of nitrogens with one attached hydrogen (secondary N) is 1. The van der Waals surface area contributed by atoms with Crippen LogP contribution in [0, 0.1) is 13.8 Å². The van der Waals surface area contributed by atoms with Crippen molar-refractivity contribution in [2.75, 3.05) is 31.1 Å². The number of H-pyrrole nitrogens is 1. The van der Waals surface area contributed by atoms with E-state index in [-0.39, 0.29) is 0 Å². The number of fused-ring (bicyclic) bond motifs is 1. The number of aromatic amines is 1. The molecular formula is C18H26N8. The highest BCUT2D eigenvalue weighted by Crippen LogP contribution is 2.24. The van der Waals surface area contributed by atoms with Crippen LogP contribution in [0.25, 0.3) is 5.78 Å². The minimum Gasteiger partial charge on any atom is -0.354 e. The normalized spacial score (nSPS) is 16.1. The van der Waals surface area contributed by atoms with Gasteiger partial charge < -0.3 is 4.90 Å². The van der Waals surface area contributed by atoms with Gasteiger partial charge in [0.05, 0.1) is 6.20 Å². The summed E-state index contributed by atoms with van der Waals surface area (Å²) in [5.74, 6) is 2.26. The third kappa shape index (κ3) is 2.94. The molecule has 4 heterocycles. The maximum absolute atomic E-state index is 4.52. The van der Waals surface area contributed by atoms with Crippen molar-refractivity contribution in [2.24, 2.45) is 0 Å². The third-order valence-corrected chi connectivity index (χ3v) is 5.27. The van der Waals surface area contributed by atoms with Crippen LogP contribution in [-0.2, 0) is 6.54 Å². The summed E-state index contributed by atoms with van der Waals surface area (Å²) in [6, 6.07) is 0. The Morgan fingerprint density at radius 1 is 1.15 bits per heavy atom. The first kappa shape index (κ1) is 17.0. The van der Waals surface area contributed by atoms with Crippen LogP contribution >= 0.6 is 0 Å². The number of aryl methyl sites for hydroxylation is 1. The number of anilines is 1. The molecule has 8 heteroatoms. The summed E-state index contributed by atoms with van der Waals surface area (Å²) in [5, 5.41) is 11.8. The van der Waals surface area contributed by atoms with Gasteiger partial charge in [-0.2, -0.15) is 19.7 Å². The molecule has 0 spiro atoms. The van der Waals surface area contributed by atoms with Gasteiger partial charge in [-0.1, -0.05) is 13.8 Å². The summed E-state index contributed by atoms with van der Waals surface area (Å²) in [7, 11) is 0. The van der Waals surface area contributed by atoms with Crippen LogP contribution in [0.15, 0.2) is 12.5 Å². The van der Waals surface area contributed by atoms with Crippen molar-refractivity contribution >= 4 is 11.6 Å². The molecular weight excluding hydrogens is 328 g/mol. The fraction of sp³-hybridized carbons (Fsp3) is 0.556. The van der Waals surface area contributed by atoms with Crippen LogP contribution in [0.5, 0.6) is 0 Å². The molecule has 3 aromatic heterocycles. The third-order valence-electron chi connectivity index (χ3n) is 5.27. The number of hydrogen-bond donors (Lipinski definition) is 1. The highest BCUT2D eigenvalue weighted by molar-refractivity contribution is 5.54. The quantitative estimate of drug-likeness (QED) is 0.771. The van der Waals surface area contributed by atoms with E-state index in [0.717, 1.165) is 44.2 Å². The minimum absolute atomic E-state index is 0.469. The second-order valence-electron chi connectivity index (χ2n) is 7.34. The van der Waals surface area contributed by atoms with Crippen LogP contribution in [0.1, 0.15) is 42.3 Å². The molecule has 26 heavy (non-hydrogen) atoms. The molecule has 1 aliphatic rings. The number of rotatable bonds is 4. The molecule has 0 unspecified atom stereocenters. The zero-order valence-electron chi connectivity index (χ0n) is 15.9. The van der Waals surface area contributed by atoms with E-state index in [0.29, 0.717) is 11.7 Å². The monoisotopic (exact) mass is 354 g/mol. The summed E-state index contributed by atoms with van der Waals surface area (Å²) in [6.07, 6.45) is 3.55. The summed E-state index contributed by atoms with van der Waals surface area (Å²) in [5.41, 5.74) is 4.75. The first-order chi connectivity index (χ1) is 12.5. The van der Waals surface area contributed by atoms with E-state index >= 15 is 0 Å². The maximum Gasteiger partial charge on any atom is 0.254 e. The van der Waals surface area contributed by atoms with Gasteiger partial charge in [0.15, 0.2) is 0 Å². The van der Waals surface area contributed by atoms with Crippen molar-refractivity contribution in [2.45, 2.75) is 40.2 Å². The van der Waals surface area contributed by atoms with Crippen molar-refractivity contribution in [3.63, 3.8) is 0 Å². The SMILES string of the molecule is Cc1nc2ncnn2c(N2CCN(Cc3cn[nH]c3C(C)C)CC2)c1C. The summed E-state index contributed by atoms with van der Waals surface area (Å²) in [6.45, 7) is 13.5. The predicted octanol–water partition coefficient (Wildman–Crippen LogP) is 1.91. The van der Waals surface area contributed by atoms with E-state index in [1.165, 1.54) is 16.8 Å². The Hall–Kier alpha value is -2.48. The van der Waals surface area contributed by atoms with Gasteiger partial charge in [0.25, 0.3) is 5.78 Å². The summed E-state index contributed by atoms with van der Waals surface area (Å²) < 4.78 is 1.87. The molecule has 0 bridgehead atoms. The Labute approximate surface area is 153 Å². The lowest BCUT2D eigenvalue weighted by Crippen LogP contribution is -2.47. The Kier molecular flexibility index (Phi) is 4.36. The van der Waals surface area contributed by atoms with Crippen LogP contribution in [0.3, 0.4) is 0 Å². The standard InChI is InChI=1S/C18H26N8/c1-12(2)16-15(9-20-23-16)10-24-5-7-25(8-6-24)17-13(3)14(4)22-18-19-11-21-26(17)18/h9,11-12H,5-8,10H2,1-4H3,(H,20,23). The molecule has 1 N–H and O–H groups in total. The van der Waals surface area contributed by atoms with Gasteiger partial charge in [0.2, 0.25) is 0 Å². The topological polar surface area (TPSA) is 78.2 Å².